The fraction of sp³-hybridized carbons (Fsp3) is 0.232. The molecule has 0 aromatic heterocycles. The first-order valence-electron chi connectivity index (χ1n) is 33.8. The standard InChI is InChI=1S/C82H70O24/c1-50-63(98-72(84)51-29-11-2-12-30-51)67(102-76(88)55-37-19-6-20-38-55)65(100-74(86)53-33-15-4-16-34-53)61(95-50)48-93-82-71(106-80(92)59-45-27-10-28-46-59)69(104-78(90)57-41-23-8-24-42-57)66(101-75(87)54-35-17-5-18-36-54)62(97-82)49-94-81-70(105-79(91)58-43-25-9-26-44-58)68(103-77(89)56-39-21-7-22-40-56)64(60(47-83)96-81)99-73(85)52-31-13-3-14-32-52/h2-46,50,60-71,81-83H,47-49H2,1H3/t50?,60-,61-,62-,63+,64-,65-,66-,67-,68+,69+,70-,71-,81-,82-/m1/s1. The first-order valence-corrected chi connectivity index (χ1v) is 33.8. The Hall–Kier alpha value is -12.0. The molecule has 24 heteroatoms. The molecule has 0 amide bonds. The van der Waals surface area contributed by atoms with Gasteiger partial charge in [-0.25, -0.2) is 43.2 Å². The van der Waals surface area contributed by atoms with E-state index in [0.717, 1.165) is 0 Å². The molecule has 0 aliphatic carbocycles. The Labute approximate surface area is 607 Å². The summed E-state index contributed by atoms with van der Waals surface area (Å²) < 4.78 is 90.1. The molecule has 9 aromatic rings. The highest BCUT2D eigenvalue weighted by Crippen LogP contribution is 2.37. The first-order chi connectivity index (χ1) is 51.7. The van der Waals surface area contributed by atoms with E-state index in [2.05, 4.69) is 0 Å². The molecule has 0 bridgehead atoms. The van der Waals surface area contributed by atoms with Gasteiger partial charge in [0, 0.05) is 0 Å². The third-order valence-corrected chi connectivity index (χ3v) is 17.4. The Balaban J connectivity index is 0.968. The highest BCUT2D eigenvalue weighted by atomic mass is 16.8. The van der Waals surface area contributed by atoms with Crippen LogP contribution in [0.5, 0.6) is 0 Å². The van der Waals surface area contributed by atoms with Crippen LogP contribution in [0.4, 0.5) is 0 Å². The maximum Gasteiger partial charge on any atom is 0.338 e. The van der Waals surface area contributed by atoms with Gasteiger partial charge >= 0.3 is 53.7 Å². The van der Waals surface area contributed by atoms with Crippen LogP contribution in [-0.2, 0) is 66.3 Å². The van der Waals surface area contributed by atoms with Crippen molar-refractivity contribution in [3.8, 4) is 0 Å². The van der Waals surface area contributed by atoms with Crippen LogP contribution in [0.15, 0.2) is 273 Å². The first kappa shape index (κ1) is 73.7. The largest absolute Gasteiger partial charge is 0.452 e. The van der Waals surface area contributed by atoms with Gasteiger partial charge in [0.05, 0.1) is 76.0 Å². The number of aliphatic hydroxyl groups excluding tert-OH is 1. The maximum atomic E-state index is 14.9. The monoisotopic (exact) mass is 1440 g/mol. The van der Waals surface area contributed by atoms with Gasteiger partial charge in [0.2, 0.25) is 0 Å². The second-order valence-corrected chi connectivity index (χ2v) is 24.4. The molecule has 3 saturated heterocycles. The van der Waals surface area contributed by atoms with E-state index >= 15 is 0 Å². The lowest BCUT2D eigenvalue weighted by atomic mass is 9.94. The number of rotatable bonds is 25. The summed E-state index contributed by atoms with van der Waals surface area (Å²) in [5.41, 5.74) is 0.111. The summed E-state index contributed by atoms with van der Waals surface area (Å²) in [6.07, 6.45) is -26.9. The van der Waals surface area contributed by atoms with Gasteiger partial charge < -0.3 is 71.4 Å². The van der Waals surface area contributed by atoms with Gasteiger partial charge in [-0.15, -0.1) is 0 Å². The summed E-state index contributed by atoms with van der Waals surface area (Å²) in [5, 5.41) is 11.3. The minimum absolute atomic E-state index is 0.000374. The van der Waals surface area contributed by atoms with Crippen molar-refractivity contribution in [2.75, 3.05) is 19.8 Å². The van der Waals surface area contributed by atoms with E-state index in [1.807, 2.05) is 0 Å². The Kier molecular flexibility index (Phi) is 24.6. The maximum absolute atomic E-state index is 14.9. The molecule has 1 N–H and O–H groups in total. The van der Waals surface area contributed by atoms with Gasteiger partial charge in [-0.2, -0.15) is 0 Å². The van der Waals surface area contributed by atoms with Crippen molar-refractivity contribution in [3.63, 3.8) is 0 Å². The number of carbonyl (C=O) groups is 9. The van der Waals surface area contributed by atoms with Crippen LogP contribution in [0, 0.1) is 0 Å². The van der Waals surface area contributed by atoms with Crippen LogP contribution < -0.4 is 0 Å². The highest BCUT2D eigenvalue weighted by molar-refractivity contribution is 5.94. The lowest BCUT2D eigenvalue weighted by molar-refractivity contribution is -0.332. The van der Waals surface area contributed by atoms with E-state index in [9.17, 15) is 48.3 Å². The van der Waals surface area contributed by atoms with Gasteiger partial charge in [0.25, 0.3) is 0 Å². The van der Waals surface area contributed by atoms with E-state index in [1.54, 1.807) is 164 Å². The number of esters is 9. The summed E-state index contributed by atoms with van der Waals surface area (Å²) in [6.45, 7) is -1.16. The number of hydrogen-bond donors (Lipinski definition) is 1. The molecule has 3 fully saturated rings. The van der Waals surface area contributed by atoms with Crippen molar-refractivity contribution in [2.45, 2.75) is 98.9 Å². The molecular formula is C82H70O24. The van der Waals surface area contributed by atoms with Crippen LogP contribution in [-0.4, -0.2) is 171 Å². The van der Waals surface area contributed by atoms with Crippen molar-refractivity contribution in [1.82, 2.24) is 0 Å². The molecular weight excluding hydrogens is 1370 g/mol. The SMILES string of the molecule is CC1O[C@H](CO[C@@H]2O[C@H](CO[C@@H]3O[C@H](CO)[C@@H](OC(=O)c4ccccc4)[C@H](OC(=O)c4ccccc4)[C@H]3OC(=O)c3ccccc3)[C@@H](OC(=O)c3ccccc3)[C@H](OC(=O)c3ccccc3)[C@H]2OC(=O)c2ccccc2)[C@@H](OC(=O)c2ccccc2)[C@H](OC(=O)c2ccccc2)[C@H]1OC(=O)c1ccccc1. The van der Waals surface area contributed by atoms with E-state index in [4.69, 9.17) is 66.3 Å². The van der Waals surface area contributed by atoms with Crippen LogP contribution in [0.2, 0.25) is 0 Å². The smallest absolute Gasteiger partial charge is 0.338 e. The molecule has 0 radical (unpaired) electrons. The van der Waals surface area contributed by atoms with Crippen molar-refractivity contribution in [1.29, 1.82) is 0 Å². The number of hydrogen-bond acceptors (Lipinski definition) is 24. The quantitative estimate of drug-likeness (QED) is 0.0411. The zero-order chi connectivity index (χ0) is 73.9. The third kappa shape index (κ3) is 18.3. The number of benzene rings is 9. The predicted molar refractivity (Wildman–Crippen MR) is 371 cm³/mol. The third-order valence-electron chi connectivity index (χ3n) is 17.4. The molecule has 24 nitrogen and oxygen atoms in total. The average molecular weight is 1440 g/mol. The minimum atomic E-state index is -2.05. The second-order valence-electron chi connectivity index (χ2n) is 24.4. The van der Waals surface area contributed by atoms with Gasteiger partial charge in [-0.3, -0.25) is 0 Å². The molecule has 12 rings (SSSR count). The van der Waals surface area contributed by atoms with Crippen LogP contribution in [0.3, 0.4) is 0 Å². The fourth-order valence-corrected chi connectivity index (χ4v) is 12.1. The van der Waals surface area contributed by atoms with Crippen LogP contribution in [0.25, 0.3) is 0 Å². The lowest BCUT2D eigenvalue weighted by Crippen LogP contribution is -2.65. The number of aliphatic hydroxyl groups is 1. The summed E-state index contributed by atoms with van der Waals surface area (Å²) >= 11 is 0. The minimum Gasteiger partial charge on any atom is -0.452 e. The van der Waals surface area contributed by atoms with Crippen LogP contribution in [0.1, 0.15) is 100 Å². The summed E-state index contributed by atoms with van der Waals surface area (Å²) in [6, 6.07) is 69.3. The molecule has 0 saturated carbocycles. The topological polar surface area (TPSA) is 303 Å². The molecule has 3 aliphatic rings. The lowest BCUT2D eigenvalue weighted by Gasteiger charge is -2.47. The zero-order valence-corrected chi connectivity index (χ0v) is 56.6. The number of ether oxygens (including phenoxy) is 14. The normalized spacial score (nSPS) is 23.9. The summed E-state index contributed by atoms with van der Waals surface area (Å²) in [7, 11) is 0. The molecule has 542 valence electrons. The van der Waals surface area contributed by atoms with Gasteiger partial charge in [0.15, 0.2) is 67.5 Å². The molecule has 3 heterocycles. The Morgan fingerprint density at radius 1 is 0.245 bits per heavy atom. The van der Waals surface area contributed by atoms with E-state index in [1.165, 1.54) is 116 Å². The Bertz CT molecular complexity index is 4430. The average Bonchev–Trinajstić information content (AvgIpc) is 0.896. The summed E-state index contributed by atoms with van der Waals surface area (Å²) in [4.78, 5) is 131. The van der Waals surface area contributed by atoms with Gasteiger partial charge in [-0.1, -0.05) is 164 Å². The Morgan fingerprint density at radius 2 is 0.425 bits per heavy atom. The van der Waals surface area contributed by atoms with Crippen molar-refractivity contribution in [2.24, 2.45) is 0 Å². The van der Waals surface area contributed by atoms with Crippen molar-refractivity contribution < 1.29 is 115 Å². The second kappa shape index (κ2) is 35.4. The van der Waals surface area contributed by atoms with E-state index < -0.39 is 165 Å². The predicted octanol–water partition coefficient (Wildman–Crippen LogP) is 10.3. The van der Waals surface area contributed by atoms with E-state index in [-0.39, 0.29) is 50.1 Å². The van der Waals surface area contributed by atoms with Gasteiger partial charge in [-0.05, 0) is 116 Å². The fourth-order valence-electron chi connectivity index (χ4n) is 12.1. The van der Waals surface area contributed by atoms with E-state index in [0.29, 0.717) is 0 Å². The zero-order valence-electron chi connectivity index (χ0n) is 56.6. The number of carbonyl (C=O) groups excluding carboxylic acids is 9. The summed E-state index contributed by atoms with van der Waals surface area (Å²) in [5.74, 6) is -8.91. The molecule has 0 spiro atoms. The molecule has 3 aliphatic heterocycles. The molecule has 9 aromatic carbocycles. The van der Waals surface area contributed by atoms with Crippen LogP contribution >= 0.6 is 0 Å². The Morgan fingerprint density at radius 3 is 0.660 bits per heavy atom. The van der Waals surface area contributed by atoms with Crippen molar-refractivity contribution in [3.05, 3.63) is 323 Å². The van der Waals surface area contributed by atoms with Gasteiger partial charge in [0.1, 0.15) is 18.3 Å². The van der Waals surface area contributed by atoms with Crippen molar-refractivity contribution >= 4 is 53.7 Å². The molecule has 106 heavy (non-hydrogen) atoms. The molecule has 1 unspecified atom stereocenters. The molecule has 15 atom stereocenters. The highest BCUT2D eigenvalue weighted by Gasteiger charge is 2.58.